The first-order valence-electron chi connectivity index (χ1n) is 21.0. The highest BCUT2D eigenvalue weighted by molar-refractivity contribution is 5.86. The molecular weight excluding hydrogens is 769 g/mol. The number of ether oxygens (including phenoxy) is 7. The Balaban J connectivity index is 1.60. The predicted octanol–water partition coefficient (Wildman–Crippen LogP) is 5.37. The summed E-state index contributed by atoms with van der Waals surface area (Å²) in [5.74, 6) is 0.299. The van der Waals surface area contributed by atoms with Crippen molar-refractivity contribution in [3.8, 4) is 23.0 Å². The topological polar surface area (TPSA) is 183 Å². The fourth-order valence-corrected chi connectivity index (χ4v) is 6.90. The summed E-state index contributed by atoms with van der Waals surface area (Å²) in [5.41, 5.74) is 14.6. The molecule has 0 radical (unpaired) electrons. The Hall–Kier alpha value is -4.89. The van der Waals surface area contributed by atoms with Crippen LogP contribution in [0.2, 0.25) is 0 Å². The molecule has 0 spiro atoms. The zero-order valence-corrected chi connectivity index (χ0v) is 36.4. The van der Waals surface area contributed by atoms with Crippen molar-refractivity contribution in [1.82, 2.24) is 10.2 Å². The van der Waals surface area contributed by atoms with Crippen molar-refractivity contribution in [2.75, 3.05) is 53.7 Å². The van der Waals surface area contributed by atoms with Crippen molar-refractivity contribution in [2.45, 2.75) is 97.3 Å². The fraction of sp³-hybridized carbons (Fsp3) is 0.543. The number of nitrogens with one attached hydrogen (secondary N) is 1. The molecule has 4 rings (SSSR count). The number of carbonyl (C=O) groups is 3. The molecule has 1 heterocycles. The molecule has 5 N–H and O–H groups in total. The van der Waals surface area contributed by atoms with E-state index >= 15 is 0 Å². The maximum absolute atomic E-state index is 13.9. The molecule has 60 heavy (non-hydrogen) atoms. The molecular formula is C46H66N4O10. The quantitative estimate of drug-likeness (QED) is 0.0776. The van der Waals surface area contributed by atoms with E-state index in [1.807, 2.05) is 94.4 Å². The van der Waals surface area contributed by atoms with Crippen molar-refractivity contribution in [3.63, 3.8) is 0 Å². The number of hydrogen-bond acceptors (Lipinski definition) is 12. The lowest BCUT2D eigenvalue weighted by atomic mass is 9.83. The average Bonchev–Trinajstić information content (AvgIpc) is 3.25. The summed E-state index contributed by atoms with van der Waals surface area (Å²) >= 11 is 0. The Kier molecular flexibility index (Phi) is 19.4. The van der Waals surface area contributed by atoms with Crippen molar-refractivity contribution >= 4 is 17.8 Å². The maximum Gasteiger partial charge on any atom is 0.329 e. The molecule has 14 heteroatoms. The Morgan fingerprint density at radius 2 is 1.50 bits per heavy atom. The van der Waals surface area contributed by atoms with Crippen LogP contribution >= 0.6 is 0 Å². The first-order chi connectivity index (χ1) is 28.9. The van der Waals surface area contributed by atoms with Crippen LogP contribution in [0.3, 0.4) is 0 Å². The molecule has 3 aromatic carbocycles. The third kappa shape index (κ3) is 13.8. The van der Waals surface area contributed by atoms with E-state index in [9.17, 15) is 14.4 Å². The van der Waals surface area contributed by atoms with E-state index in [2.05, 4.69) is 12.2 Å². The van der Waals surface area contributed by atoms with Gasteiger partial charge < -0.3 is 54.8 Å². The first-order valence-corrected chi connectivity index (χ1v) is 21.0. The normalized spacial score (nSPS) is 17.5. The summed E-state index contributed by atoms with van der Waals surface area (Å²) in [5, 5.41) is 2.70. The summed E-state index contributed by atoms with van der Waals surface area (Å²) in [4.78, 5) is 41.8. The zero-order valence-electron chi connectivity index (χ0n) is 36.4. The van der Waals surface area contributed by atoms with E-state index < -0.39 is 42.1 Å². The van der Waals surface area contributed by atoms with Gasteiger partial charge in [0.1, 0.15) is 23.6 Å². The van der Waals surface area contributed by atoms with Crippen LogP contribution in [0.5, 0.6) is 23.0 Å². The van der Waals surface area contributed by atoms with E-state index in [1.54, 1.807) is 19.1 Å². The number of rotatable bonds is 24. The minimum Gasteiger partial charge on any atom is -0.496 e. The molecule has 0 saturated carbocycles. The molecule has 0 bridgehead atoms. The summed E-state index contributed by atoms with van der Waals surface area (Å²) in [6, 6.07) is 19.2. The molecule has 1 fully saturated rings. The fourth-order valence-electron chi connectivity index (χ4n) is 6.90. The first kappa shape index (κ1) is 47.8. The van der Waals surface area contributed by atoms with Crippen LogP contribution in [-0.4, -0.2) is 101 Å². The minimum atomic E-state index is -0.968. The molecule has 5 atom stereocenters. The summed E-state index contributed by atoms with van der Waals surface area (Å²) < 4.78 is 42.0. The molecule has 1 aliphatic heterocycles. The van der Waals surface area contributed by atoms with Gasteiger partial charge in [-0.2, -0.15) is 0 Å². The number of unbranched alkanes of at least 4 members (excludes halogenated alkanes) is 1. The number of nitrogens with two attached hydrogens (primary N) is 2. The second-order valence-corrected chi connectivity index (χ2v) is 15.7. The van der Waals surface area contributed by atoms with Crippen LogP contribution in [0.25, 0.3) is 0 Å². The van der Waals surface area contributed by atoms with Gasteiger partial charge in [0.05, 0.1) is 78.4 Å². The molecule has 2 amide bonds. The standard InChI is InChI=1S/C46H66N4O10/c1-8-9-22-58-38-24-32(15-20-37(38)55-7)28-59-39-26-50(45(52)43(48)30(2)3)27-40(60-46(53)44(31(4)5)49-41(51)25-47)42(39)33-16-18-35(19-17-33)57-23-12-21-56-29-34-13-10-11-14-36(34)54-6/h10-11,13-20,24,30-31,39-40,42-44H,8-9,12,21-23,25-29,47-48H2,1-7H3,(H,49,51)/t39-,40+,42+,43-,44-/m0/s1. The zero-order chi connectivity index (χ0) is 43.6. The molecule has 0 unspecified atom stereocenters. The Morgan fingerprint density at radius 3 is 2.17 bits per heavy atom. The number of methoxy groups -OCH3 is 2. The number of benzene rings is 3. The lowest BCUT2D eigenvalue weighted by Gasteiger charge is -2.44. The van der Waals surface area contributed by atoms with Crippen LogP contribution in [0, 0.1) is 11.8 Å². The number of carbonyl (C=O) groups excluding carboxylic acids is 3. The lowest BCUT2D eigenvalue weighted by molar-refractivity contribution is -0.167. The van der Waals surface area contributed by atoms with Gasteiger partial charge in [0.2, 0.25) is 11.8 Å². The predicted molar refractivity (Wildman–Crippen MR) is 229 cm³/mol. The van der Waals surface area contributed by atoms with Crippen molar-refractivity contribution in [2.24, 2.45) is 23.3 Å². The summed E-state index contributed by atoms with van der Waals surface area (Å²) in [6.45, 7) is 11.5. The highest BCUT2D eigenvalue weighted by Gasteiger charge is 2.44. The molecule has 1 saturated heterocycles. The Labute approximate surface area is 355 Å². The number of nitrogens with zero attached hydrogens (tertiary/aromatic N) is 1. The number of esters is 1. The van der Waals surface area contributed by atoms with Crippen molar-refractivity contribution in [1.29, 1.82) is 0 Å². The van der Waals surface area contributed by atoms with Gasteiger partial charge in [-0.15, -0.1) is 0 Å². The van der Waals surface area contributed by atoms with Gasteiger partial charge >= 0.3 is 5.97 Å². The van der Waals surface area contributed by atoms with Gasteiger partial charge in [-0.1, -0.05) is 77.4 Å². The smallest absolute Gasteiger partial charge is 0.329 e. The van der Waals surface area contributed by atoms with Crippen LogP contribution in [0.4, 0.5) is 0 Å². The summed E-state index contributed by atoms with van der Waals surface area (Å²) in [6.07, 6.45) is 1.04. The second kappa shape index (κ2) is 24.4. The third-order valence-electron chi connectivity index (χ3n) is 10.5. The van der Waals surface area contributed by atoms with Gasteiger partial charge in [-0.05, 0) is 59.7 Å². The molecule has 330 valence electrons. The highest BCUT2D eigenvalue weighted by atomic mass is 16.6. The average molecular weight is 835 g/mol. The van der Waals surface area contributed by atoms with Gasteiger partial charge in [0.15, 0.2) is 11.5 Å². The third-order valence-corrected chi connectivity index (χ3v) is 10.5. The molecule has 3 aromatic rings. The van der Waals surface area contributed by atoms with Crippen LogP contribution < -0.4 is 35.7 Å². The van der Waals surface area contributed by atoms with Gasteiger partial charge in [0.25, 0.3) is 0 Å². The number of amides is 2. The van der Waals surface area contributed by atoms with Crippen molar-refractivity contribution in [3.05, 3.63) is 83.4 Å². The van der Waals surface area contributed by atoms with Crippen molar-refractivity contribution < 1.29 is 47.5 Å². The van der Waals surface area contributed by atoms with Gasteiger partial charge in [-0.3, -0.25) is 9.59 Å². The minimum absolute atomic E-state index is 0.0657. The van der Waals surface area contributed by atoms with Crippen LogP contribution in [-0.2, 0) is 41.8 Å². The number of para-hydroxylation sites is 1. The van der Waals surface area contributed by atoms with E-state index in [4.69, 9.17) is 44.6 Å². The van der Waals surface area contributed by atoms with E-state index in [-0.39, 0.29) is 44.0 Å². The Morgan fingerprint density at radius 1 is 0.800 bits per heavy atom. The molecule has 0 aliphatic carbocycles. The largest absolute Gasteiger partial charge is 0.496 e. The number of piperidine rings is 1. The van der Waals surface area contributed by atoms with Crippen LogP contribution in [0.1, 0.15) is 76.5 Å². The molecule has 1 aliphatic rings. The number of likely N-dealkylation sites (tertiary alicyclic amines) is 1. The second-order valence-electron chi connectivity index (χ2n) is 15.7. The monoisotopic (exact) mass is 834 g/mol. The highest BCUT2D eigenvalue weighted by Crippen LogP contribution is 2.36. The summed E-state index contributed by atoms with van der Waals surface area (Å²) in [7, 11) is 3.24. The van der Waals surface area contributed by atoms with E-state index in [0.717, 1.165) is 35.3 Å². The van der Waals surface area contributed by atoms with E-state index in [1.165, 1.54) is 0 Å². The van der Waals surface area contributed by atoms with Crippen LogP contribution in [0.15, 0.2) is 66.7 Å². The SMILES string of the molecule is CCCCOc1cc(CO[C@H]2CN(C(=O)[C@@H](N)C(C)C)C[C@@H](OC(=O)[C@@H](NC(=O)CN)C(C)C)[C@@H]2c2ccc(OCCCOCc3ccccc3OC)cc2)ccc1OC. The lowest BCUT2D eigenvalue weighted by Crippen LogP contribution is -2.59. The molecule has 0 aromatic heterocycles. The maximum atomic E-state index is 13.9. The van der Waals surface area contributed by atoms with Gasteiger partial charge in [-0.25, -0.2) is 4.79 Å². The van der Waals surface area contributed by atoms with Gasteiger partial charge in [0, 0.05) is 18.5 Å². The Bertz CT molecular complexity index is 1790. The van der Waals surface area contributed by atoms with E-state index in [0.29, 0.717) is 50.1 Å². The molecule has 14 nitrogen and oxygen atoms in total. The number of hydrogen-bond donors (Lipinski definition) is 3.